The zero-order chi connectivity index (χ0) is 17.3. The van der Waals surface area contributed by atoms with E-state index in [9.17, 15) is 9.59 Å². The zero-order valence-electron chi connectivity index (χ0n) is 14.1. The van der Waals surface area contributed by atoms with E-state index < -0.39 is 5.54 Å². The Bertz CT molecular complexity index is 711. The second kappa shape index (κ2) is 6.25. The van der Waals surface area contributed by atoms with Crippen molar-refractivity contribution in [1.82, 2.24) is 15.1 Å². The monoisotopic (exact) mass is 326 g/mol. The third kappa shape index (κ3) is 2.87. The van der Waals surface area contributed by atoms with Crippen LogP contribution in [0.25, 0.3) is 0 Å². The number of likely N-dealkylation sites (tertiary alicyclic amines) is 1. The molecule has 3 rings (SSSR count). The Morgan fingerprint density at radius 3 is 2.88 bits per heavy atom. The number of carbonyl (C=O) groups excluding carboxylic acids is 2. The maximum Gasteiger partial charge on any atom is 0.324 e. The number of likely N-dealkylation sites (N-methyl/N-ethyl adjacent to an activating group) is 1. The molecule has 2 unspecified atom stereocenters. The molecular weight excluding hydrogens is 304 g/mol. The minimum absolute atomic E-state index is 0.0896. The molecule has 2 aliphatic rings. The molecule has 2 aliphatic heterocycles. The predicted molar refractivity (Wildman–Crippen MR) is 88.9 cm³/mol. The van der Waals surface area contributed by atoms with Crippen LogP contribution in [-0.4, -0.2) is 47.4 Å². The molecule has 2 saturated heterocycles. The van der Waals surface area contributed by atoms with Gasteiger partial charge in [0.15, 0.2) is 0 Å². The molecular formula is C18H22N4O2. The Kier molecular flexibility index (Phi) is 4.29. The van der Waals surface area contributed by atoms with E-state index in [-0.39, 0.29) is 17.9 Å². The van der Waals surface area contributed by atoms with Crippen LogP contribution in [0.1, 0.15) is 30.9 Å². The highest BCUT2D eigenvalue weighted by molar-refractivity contribution is 6.06. The summed E-state index contributed by atoms with van der Waals surface area (Å²) in [6, 6.07) is 9.46. The van der Waals surface area contributed by atoms with Gasteiger partial charge in [-0.1, -0.05) is 12.1 Å². The minimum Gasteiger partial charge on any atom is -0.323 e. The van der Waals surface area contributed by atoms with Crippen molar-refractivity contribution in [2.75, 3.05) is 20.1 Å². The van der Waals surface area contributed by atoms with Crippen molar-refractivity contribution in [2.24, 2.45) is 5.92 Å². The Balaban J connectivity index is 1.72. The number of benzene rings is 1. The molecule has 0 spiro atoms. The molecule has 6 nitrogen and oxygen atoms in total. The number of imide groups is 1. The van der Waals surface area contributed by atoms with Gasteiger partial charge in [-0.25, -0.2) is 4.79 Å². The topological polar surface area (TPSA) is 76.4 Å². The second-order valence-electron chi connectivity index (χ2n) is 6.88. The van der Waals surface area contributed by atoms with Crippen molar-refractivity contribution in [1.29, 1.82) is 5.26 Å². The highest BCUT2D eigenvalue weighted by atomic mass is 16.2. The van der Waals surface area contributed by atoms with Crippen LogP contribution in [0.4, 0.5) is 4.79 Å². The standard InChI is InChI=1S/C18H22N4O2/c1-18(16(23)21(2)17(24)20-18)15-7-4-8-22(12-15)11-14-6-3-5-13(9-14)10-19/h3,5-6,9,15H,4,7-8,11-12H2,1-2H3,(H,20,24). The van der Waals surface area contributed by atoms with Crippen LogP contribution in [0.15, 0.2) is 24.3 Å². The number of carbonyl (C=O) groups is 2. The first-order valence-corrected chi connectivity index (χ1v) is 8.26. The lowest BCUT2D eigenvalue weighted by Crippen LogP contribution is -2.55. The van der Waals surface area contributed by atoms with Crippen molar-refractivity contribution in [3.63, 3.8) is 0 Å². The smallest absolute Gasteiger partial charge is 0.323 e. The fourth-order valence-corrected chi connectivity index (χ4v) is 3.74. The van der Waals surface area contributed by atoms with Gasteiger partial charge < -0.3 is 5.32 Å². The van der Waals surface area contributed by atoms with Gasteiger partial charge in [-0.15, -0.1) is 0 Å². The Morgan fingerprint density at radius 2 is 2.21 bits per heavy atom. The van der Waals surface area contributed by atoms with Gasteiger partial charge in [0.25, 0.3) is 5.91 Å². The number of nitrogens with zero attached hydrogens (tertiary/aromatic N) is 3. The Labute approximate surface area is 142 Å². The number of amides is 3. The number of nitriles is 1. The van der Waals surface area contributed by atoms with Gasteiger partial charge in [-0.3, -0.25) is 14.6 Å². The number of nitrogens with one attached hydrogen (secondary N) is 1. The van der Waals surface area contributed by atoms with Gasteiger partial charge >= 0.3 is 6.03 Å². The van der Waals surface area contributed by atoms with Crippen LogP contribution in [0.2, 0.25) is 0 Å². The molecule has 3 amide bonds. The molecule has 1 N–H and O–H groups in total. The number of hydrogen-bond donors (Lipinski definition) is 1. The molecule has 0 aliphatic carbocycles. The zero-order valence-corrected chi connectivity index (χ0v) is 14.1. The summed E-state index contributed by atoms with van der Waals surface area (Å²) in [5.74, 6) is -0.0578. The lowest BCUT2D eigenvalue weighted by atomic mass is 9.80. The molecule has 0 radical (unpaired) electrons. The van der Waals surface area contributed by atoms with Crippen LogP contribution in [0.3, 0.4) is 0 Å². The lowest BCUT2D eigenvalue weighted by molar-refractivity contribution is -0.132. The molecule has 24 heavy (non-hydrogen) atoms. The average Bonchev–Trinajstić information content (AvgIpc) is 2.79. The van der Waals surface area contributed by atoms with Gasteiger partial charge in [0, 0.05) is 26.1 Å². The van der Waals surface area contributed by atoms with E-state index in [4.69, 9.17) is 5.26 Å². The van der Waals surface area contributed by atoms with E-state index in [1.807, 2.05) is 25.1 Å². The molecule has 0 saturated carbocycles. The molecule has 2 atom stereocenters. The van der Waals surface area contributed by atoms with E-state index in [0.717, 1.165) is 38.0 Å². The molecule has 6 heteroatoms. The normalized spacial score (nSPS) is 27.9. The third-order valence-electron chi connectivity index (χ3n) is 5.20. The highest BCUT2D eigenvalue weighted by Gasteiger charge is 2.51. The quantitative estimate of drug-likeness (QED) is 0.858. The van der Waals surface area contributed by atoms with Crippen LogP contribution in [0.5, 0.6) is 0 Å². The van der Waals surface area contributed by atoms with Crippen molar-refractivity contribution in [2.45, 2.75) is 31.8 Å². The second-order valence-corrected chi connectivity index (χ2v) is 6.88. The molecule has 0 aromatic heterocycles. The molecule has 126 valence electrons. The van der Waals surface area contributed by atoms with Gasteiger partial charge in [-0.05, 0) is 44.0 Å². The summed E-state index contributed by atoms with van der Waals surface area (Å²) in [4.78, 5) is 27.8. The van der Waals surface area contributed by atoms with Crippen LogP contribution in [0, 0.1) is 17.2 Å². The first-order chi connectivity index (χ1) is 11.4. The summed E-state index contributed by atoms with van der Waals surface area (Å²) >= 11 is 0. The molecule has 2 fully saturated rings. The van der Waals surface area contributed by atoms with Gasteiger partial charge in [0.05, 0.1) is 11.6 Å². The van der Waals surface area contributed by atoms with Crippen LogP contribution >= 0.6 is 0 Å². The SMILES string of the molecule is CN1C(=O)NC(C)(C2CCCN(Cc3cccc(C#N)c3)C2)C1=O. The van der Waals surface area contributed by atoms with Gasteiger partial charge in [-0.2, -0.15) is 5.26 Å². The van der Waals surface area contributed by atoms with Crippen molar-refractivity contribution in [3.8, 4) is 6.07 Å². The predicted octanol–water partition coefficient (Wildman–Crippen LogP) is 1.71. The first kappa shape index (κ1) is 16.5. The maximum absolute atomic E-state index is 12.5. The minimum atomic E-state index is -0.820. The summed E-state index contributed by atoms with van der Waals surface area (Å²) in [7, 11) is 1.52. The van der Waals surface area contributed by atoms with E-state index in [1.165, 1.54) is 11.9 Å². The van der Waals surface area contributed by atoms with E-state index in [0.29, 0.717) is 5.56 Å². The number of hydrogen-bond acceptors (Lipinski definition) is 4. The summed E-state index contributed by atoms with van der Waals surface area (Å²) in [5, 5.41) is 11.9. The fraction of sp³-hybridized carbons (Fsp3) is 0.500. The maximum atomic E-state index is 12.5. The Hall–Kier alpha value is -2.39. The Morgan fingerprint density at radius 1 is 1.42 bits per heavy atom. The summed E-state index contributed by atoms with van der Waals surface area (Å²) in [6.07, 6.45) is 1.91. The van der Waals surface area contributed by atoms with Crippen molar-refractivity contribution < 1.29 is 9.59 Å². The van der Waals surface area contributed by atoms with Crippen molar-refractivity contribution >= 4 is 11.9 Å². The molecule has 2 heterocycles. The molecule has 0 bridgehead atoms. The first-order valence-electron chi connectivity index (χ1n) is 8.26. The van der Waals surface area contributed by atoms with Crippen LogP contribution in [-0.2, 0) is 11.3 Å². The van der Waals surface area contributed by atoms with Crippen molar-refractivity contribution in [3.05, 3.63) is 35.4 Å². The molecule has 1 aromatic rings. The summed E-state index contributed by atoms with van der Waals surface area (Å²) in [6.45, 7) is 4.30. The van der Waals surface area contributed by atoms with Gasteiger partial charge in [0.1, 0.15) is 5.54 Å². The average molecular weight is 326 g/mol. The largest absolute Gasteiger partial charge is 0.324 e. The van der Waals surface area contributed by atoms with E-state index in [1.54, 1.807) is 6.07 Å². The highest BCUT2D eigenvalue weighted by Crippen LogP contribution is 2.32. The molecule has 1 aromatic carbocycles. The summed E-state index contributed by atoms with van der Waals surface area (Å²) in [5.41, 5.74) is 0.936. The fourth-order valence-electron chi connectivity index (χ4n) is 3.74. The van der Waals surface area contributed by atoms with E-state index >= 15 is 0 Å². The number of piperidine rings is 1. The summed E-state index contributed by atoms with van der Waals surface area (Å²) < 4.78 is 0. The number of rotatable bonds is 3. The van der Waals surface area contributed by atoms with Crippen LogP contribution < -0.4 is 5.32 Å². The number of urea groups is 1. The third-order valence-corrected chi connectivity index (χ3v) is 5.20. The van der Waals surface area contributed by atoms with Gasteiger partial charge in [0.2, 0.25) is 0 Å². The lowest BCUT2D eigenvalue weighted by Gasteiger charge is -2.39. The van der Waals surface area contributed by atoms with E-state index in [2.05, 4.69) is 16.3 Å².